The molecule has 1 aliphatic carbocycles. The molecule has 0 aromatic heterocycles. The predicted molar refractivity (Wildman–Crippen MR) is 69.5 cm³/mol. The molecule has 2 atom stereocenters. The fourth-order valence-corrected chi connectivity index (χ4v) is 2.76. The summed E-state index contributed by atoms with van der Waals surface area (Å²) in [6, 6.07) is 0. The zero-order valence-corrected chi connectivity index (χ0v) is 11.0. The highest BCUT2D eigenvalue weighted by Gasteiger charge is 2.21. The van der Waals surface area contributed by atoms with Gasteiger partial charge in [0.05, 0.1) is 6.10 Å². The van der Waals surface area contributed by atoms with Crippen LogP contribution in [0.1, 0.15) is 58.8 Å². The number of aliphatic hydroxyl groups excluding tert-OH is 1. The minimum absolute atomic E-state index is 0.117. The van der Waals surface area contributed by atoms with Crippen molar-refractivity contribution in [1.82, 2.24) is 5.32 Å². The normalized spacial score (nSPS) is 21.9. The molecule has 96 valence electrons. The molecular weight excluding hydrogens is 198 g/mol. The fraction of sp³-hybridized carbons (Fsp3) is 1.00. The number of aliphatic hydroxyl groups is 1. The summed E-state index contributed by atoms with van der Waals surface area (Å²) < 4.78 is 0. The summed E-state index contributed by atoms with van der Waals surface area (Å²) in [5, 5.41) is 13.5. The lowest BCUT2D eigenvalue weighted by molar-refractivity contribution is 0.0833. The first-order valence-electron chi connectivity index (χ1n) is 7.12. The maximum atomic E-state index is 10.1. The summed E-state index contributed by atoms with van der Waals surface area (Å²) in [6.45, 7) is 6.35. The maximum absolute atomic E-state index is 10.1. The molecule has 0 heterocycles. The van der Waals surface area contributed by atoms with E-state index in [-0.39, 0.29) is 6.10 Å². The van der Waals surface area contributed by atoms with E-state index >= 15 is 0 Å². The Morgan fingerprint density at radius 3 is 2.50 bits per heavy atom. The van der Waals surface area contributed by atoms with Gasteiger partial charge in [-0.3, -0.25) is 0 Å². The Labute approximate surface area is 101 Å². The lowest BCUT2D eigenvalue weighted by atomic mass is 9.85. The van der Waals surface area contributed by atoms with E-state index in [1.807, 2.05) is 0 Å². The third-order valence-electron chi connectivity index (χ3n) is 3.82. The summed E-state index contributed by atoms with van der Waals surface area (Å²) in [4.78, 5) is 0. The molecule has 2 N–H and O–H groups in total. The summed E-state index contributed by atoms with van der Waals surface area (Å²) in [5.74, 6) is 1.30. The van der Waals surface area contributed by atoms with E-state index in [2.05, 4.69) is 19.2 Å². The second-order valence-corrected chi connectivity index (χ2v) is 5.52. The summed E-state index contributed by atoms with van der Waals surface area (Å²) >= 11 is 0. The topological polar surface area (TPSA) is 32.3 Å². The van der Waals surface area contributed by atoms with Gasteiger partial charge in [0, 0.05) is 6.54 Å². The number of rotatable bonds is 7. The van der Waals surface area contributed by atoms with Crippen LogP contribution < -0.4 is 5.32 Å². The van der Waals surface area contributed by atoms with Gasteiger partial charge in [-0.25, -0.2) is 0 Å². The first-order chi connectivity index (χ1) is 7.74. The quantitative estimate of drug-likeness (QED) is 0.701. The second-order valence-electron chi connectivity index (χ2n) is 5.52. The van der Waals surface area contributed by atoms with E-state index < -0.39 is 0 Å². The van der Waals surface area contributed by atoms with Crippen molar-refractivity contribution in [2.24, 2.45) is 11.8 Å². The number of hydrogen-bond donors (Lipinski definition) is 2. The molecular formula is C14H29NO. The van der Waals surface area contributed by atoms with Gasteiger partial charge in [0.1, 0.15) is 0 Å². The first kappa shape index (κ1) is 14.0. The molecule has 16 heavy (non-hydrogen) atoms. The highest BCUT2D eigenvalue weighted by Crippen LogP contribution is 2.26. The molecule has 0 aromatic rings. The number of nitrogens with one attached hydrogen (secondary N) is 1. The standard InChI is InChI=1S/C14H29NO/c1-3-7-12(2)10-15-11-14(16)13-8-5-4-6-9-13/h12-16H,3-11H2,1-2H3. The zero-order valence-electron chi connectivity index (χ0n) is 11.0. The van der Waals surface area contributed by atoms with Crippen molar-refractivity contribution in [2.45, 2.75) is 64.9 Å². The van der Waals surface area contributed by atoms with Crippen molar-refractivity contribution < 1.29 is 5.11 Å². The average molecular weight is 227 g/mol. The Hall–Kier alpha value is -0.0800. The van der Waals surface area contributed by atoms with Crippen LogP contribution in [-0.2, 0) is 0 Å². The largest absolute Gasteiger partial charge is 0.392 e. The Morgan fingerprint density at radius 1 is 1.19 bits per heavy atom. The van der Waals surface area contributed by atoms with Gasteiger partial charge in [0.2, 0.25) is 0 Å². The highest BCUT2D eigenvalue weighted by molar-refractivity contribution is 4.75. The maximum Gasteiger partial charge on any atom is 0.0692 e. The molecule has 1 fully saturated rings. The van der Waals surface area contributed by atoms with E-state index in [0.717, 1.165) is 19.0 Å². The van der Waals surface area contributed by atoms with Gasteiger partial charge >= 0.3 is 0 Å². The van der Waals surface area contributed by atoms with Crippen LogP contribution in [0.25, 0.3) is 0 Å². The minimum atomic E-state index is -0.117. The summed E-state index contributed by atoms with van der Waals surface area (Å²) in [5.41, 5.74) is 0. The van der Waals surface area contributed by atoms with Gasteiger partial charge in [-0.2, -0.15) is 0 Å². The molecule has 0 amide bonds. The molecule has 2 heteroatoms. The highest BCUT2D eigenvalue weighted by atomic mass is 16.3. The molecule has 0 saturated heterocycles. The second kappa shape index (κ2) is 8.08. The summed E-state index contributed by atoms with van der Waals surface area (Å²) in [7, 11) is 0. The van der Waals surface area contributed by atoms with E-state index in [1.54, 1.807) is 0 Å². The fourth-order valence-electron chi connectivity index (χ4n) is 2.76. The van der Waals surface area contributed by atoms with Gasteiger partial charge in [0.25, 0.3) is 0 Å². The predicted octanol–water partition coefficient (Wildman–Crippen LogP) is 2.95. The molecule has 2 nitrogen and oxygen atoms in total. The molecule has 1 rings (SSSR count). The molecule has 0 aromatic carbocycles. The Morgan fingerprint density at radius 2 is 1.88 bits per heavy atom. The molecule has 2 unspecified atom stereocenters. The third kappa shape index (κ3) is 5.31. The monoisotopic (exact) mass is 227 g/mol. The van der Waals surface area contributed by atoms with Crippen molar-refractivity contribution in [3.05, 3.63) is 0 Å². The van der Waals surface area contributed by atoms with E-state index in [9.17, 15) is 5.11 Å². The van der Waals surface area contributed by atoms with Crippen LogP contribution in [0.5, 0.6) is 0 Å². The van der Waals surface area contributed by atoms with Crippen molar-refractivity contribution in [3.8, 4) is 0 Å². The molecule has 0 bridgehead atoms. The lowest BCUT2D eigenvalue weighted by Gasteiger charge is -2.27. The van der Waals surface area contributed by atoms with Gasteiger partial charge in [0.15, 0.2) is 0 Å². The van der Waals surface area contributed by atoms with Crippen LogP contribution in [0.4, 0.5) is 0 Å². The minimum Gasteiger partial charge on any atom is -0.392 e. The smallest absolute Gasteiger partial charge is 0.0692 e. The van der Waals surface area contributed by atoms with Gasteiger partial charge in [-0.1, -0.05) is 39.5 Å². The van der Waals surface area contributed by atoms with E-state index in [1.165, 1.54) is 44.9 Å². The van der Waals surface area contributed by atoms with Crippen molar-refractivity contribution in [2.75, 3.05) is 13.1 Å². The first-order valence-corrected chi connectivity index (χ1v) is 7.12. The van der Waals surface area contributed by atoms with Crippen LogP contribution in [-0.4, -0.2) is 24.3 Å². The van der Waals surface area contributed by atoms with Gasteiger partial charge in [-0.15, -0.1) is 0 Å². The zero-order chi connectivity index (χ0) is 11.8. The van der Waals surface area contributed by atoms with Crippen LogP contribution in [0.15, 0.2) is 0 Å². The molecule has 1 saturated carbocycles. The van der Waals surface area contributed by atoms with Crippen molar-refractivity contribution in [3.63, 3.8) is 0 Å². The van der Waals surface area contributed by atoms with Gasteiger partial charge < -0.3 is 10.4 Å². The van der Waals surface area contributed by atoms with Crippen LogP contribution in [0, 0.1) is 11.8 Å². The Bertz CT molecular complexity index is 166. The molecule has 0 aliphatic heterocycles. The van der Waals surface area contributed by atoms with Crippen molar-refractivity contribution in [1.29, 1.82) is 0 Å². The Kier molecular flexibility index (Phi) is 7.06. The third-order valence-corrected chi connectivity index (χ3v) is 3.82. The lowest BCUT2D eigenvalue weighted by Crippen LogP contribution is -2.35. The number of hydrogen-bond acceptors (Lipinski definition) is 2. The molecule has 1 aliphatic rings. The molecule has 0 spiro atoms. The van der Waals surface area contributed by atoms with Crippen LogP contribution >= 0.6 is 0 Å². The van der Waals surface area contributed by atoms with E-state index in [0.29, 0.717) is 5.92 Å². The Balaban J connectivity index is 2.07. The van der Waals surface area contributed by atoms with Gasteiger partial charge in [-0.05, 0) is 37.6 Å². The van der Waals surface area contributed by atoms with E-state index in [4.69, 9.17) is 0 Å². The van der Waals surface area contributed by atoms with Crippen molar-refractivity contribution >= 4 is 0 Å². The molecule has 0 radical (unpaired) electrons. The average Bonchev–Trinajstić information content (AvgIpc) is 2.30. The van der Waals surface area contributed by atoms with Crippen LogP contribution in [0.2, 0.25) is 0 Å². The SMILES string of the molecule is CCCC(C)CNCC(O)C1CCCCC1. The summed E-state index contributed by atoms with van der Waals surface area (Å²) in [6.07, 6.45) is 8.88. The van der Waals surface area contributed by atoms with Crippen LogP contribution in [0.3, 0.4) is 0 Å².